The Labute approximate surface area is 60.3 Å². The maximum absolute atomic E-state index is 8.58. The molecule has 0 aliphatic carbocycles. The number of nitrogens with zero attached hydrogens (tertiary/aromatic N) is 1. The summed E-state index contributed by atoms with van der Waals surface area (Å²) in [6, 6.07) is 1.97. The van der Waals surface area contributed by atoms with E-state index < -0.39 is 0 Å². The first kappa shape index (κ1) is 7.15. The van der Waals surface area contributed by atoms with Gasteiger partial charge < -0.3 is 15.0 Å². The molecule has 0 saturated heterocycles. The highest BCUT2D eigenvalue weighted by atomic mass is 16.3. The van der Waals surface area contributed by atoms with Gasteiger partial charge in [-0.2, -0.15) is 0 Å². The first-order valence-electron chi connectivity index (χ1n) is 3.29. The second-order valence-corrected chi connectivity index (χ2v) is 2.21. The number of likely N-dealkylation sites (N-methyl/N-ethyl adjacent to an activating group) is 1. The third-order valence-electron chi connectivity index (χ3n) is 1.46. The molecule has 2 N–H and O–H groups in total. The predicted octanol–water partition coefficient (Wildman–Crippen LogP) is 0.443. The number of aromatic amines is 1. The summed E-state index contributed by atoms with van der Waals surface area (Å²) in [6.07, 6.45) is 3.76. The van der Waals surface area contributed by atoms with Crippen LogP contribution >= 0.6 is 0 Å². The van der Waals surface area contributed by atoms with Gasteiger partial charge in [-0.3, -0.25) is 0 Å². The van der Waals surface area contributed by atoms with Crippen LogP contribution in [-0.4, -0.2) is 30.3 Å². The van der Waals surface area contributed by atoms with E-state index in [-0.39, 0.29) is 6.61 Å². The van der Waals surface area contributed by atoms with Crippen LogP contribution in [0.2, 0.25) is 0 Å². The molecule has 0 saturated carbocycles. The zero-order chi connectivity index (χ0) is 7.40. The van der Waals surface area contributed by atoms with E-state index in [0.29, 0.717) is 6.54 Å². The van der Waals surface area contributed by atoms with Crippen molar-refractivity contribution in [1.29, 1.82) is 0 Å². The van der Waals surface area contributed by atoms with E-state index in [4.69, 9.17) is 5.11 Å². The summed E-state index contributed by atoms with van der Waals surface area (Å²) < 4.78 is 0. The molecule has 0 amide bonds. The zero-order valence-electron chi connectivity index (χ0n) is 6.04. The number of H-pyrrole nitrogens is 1. The number of hydrogen-bond acceptors (Lipinski definition) is 2. The maximum Gasteiger partial charge on any atom is 0.0606 e. The predicted molar refractivity (Wildman–Crippen MR) is 41.1 cm³/mol. The molecule has 0 atom stereocenters. The fourth-order valence-electron chi connectivity index (χ4n) is 0.832. The van der Waals surface area contributed by atoms with Crippen LogP contribution in [0, 0.1) is 0 Å². The highest BCUT2D eigenvalue weighted by Crippen LogP contribution is 2.08. The lowest BCUT2D eigenvalue weighted by Crippen LogP contribution is -2.20. The van der Waals surface area contributed by atoms with Crippen LogP contribution in [0.4, 0.5) is 5.69 Å². The van der Waals surface area contributed by atoms with Crippen LogP contribution in [0.1, 0.15) is 0 Å². The van der Waals surface area contributed by atoms with Crippen molar-refractivity contribution in [3.8, 4) is 0 Å². The van der Waals surface area contributed by atoms with Gasteiger partial charge in [0.05, 0.1) is 12.3 Å². The molecule has 10 heavy (non-hydrogen) atoms. The standard InChI is InChI=1S/C7H12N2O/c1-9(4-5-10)7-2-3-8-6-7/h2-3,6,8,10H,4-5H2,1H3. The van der Waals surface area contributed by atoms with Crippen molar-refractivity contribution < 1.29 is 5.11 Å². The van der Waals surface area contributed by atoms with Crippen LogP contribution in [-0.2, 0) is 0 Å². The minimum Gasteiger partial charge on any atom is -0.395 e. The van der Waals surface area contributed by atoms with Crippen molar-refractivity contribution in [3.63, 3.8) is 0 Å². The van der Waals surface area contributed by atoms with Crippen molar-refractivity contribution in [3.05, 3.63) is 18.5 Å². The molecule has 1 aromatic rings. The van der Waals surface area contributed by atoms with Crippen molar-refractivity contribution in [2.75, 3.05) is 25.1 Å². The van der Waals surface area contributed by atoms with E-state index in [1.807, 2.05) is 30.4 Å². The van der Waals surface area contributed by atoms with Crippen LogP contribution in [0.15, 0.2) is 18.5 Å². The summed E-state index contributed by atoms with van der Waals surface area (Å²) in [5, 5.41) is 8.58. The minimum atomic E-state index is 0.196. The number of aliphatic hydroxyl groups excluding tert-OH is 1. The van der Waals surface area contributed by atoms with Crippen LogP contribution in [0.3, 0.4) is 0 Å². The highest BCUT2D eigenvalue weighted by molar-refractivity contribution is 5.42. The largest absolute Gasteiger partial charge is 0.395 e. The average molecular weight is 140 g/mol. The number of rotatable bonds is 3. The molecule has 0 spiro atoms. The van der Waals surface area contributed by atoms with Gasteiger partial charge in [0.1, 0.15) is 0 Å². The van der Waals surface area contributed by atoms with Gasteiger partial charge in [0.15, 0.2) is 0 Å². The fraction of sp³-hybridized carbons (Fsp3) is 0.429. The molecule has 3 heteroatoms. The number of anilines is 1. The van der Waals surface area contributed by atoms with Crippen molar-refractivity contribution in [2.45, 2.75) is 0 Å². The van der Waals surface area contributed by atoms with Gasteiger partial charge in [0, 0.05) is 26.0 Å². The lowest BCUT2D eigenvalue weighted by molar-refractivity contribution is 0.304. The van der Waals surface area contributed by atoms with E-state index in [1.165, 1.54) is 0 Å². The number of aromatic nitrogens is 1. The summed E-state index contributed by atoms with van der Waals surface area (Å²) in [6.45, 7) is 0.875. The van der Waals surface area contributed by atoms with Crippen molar-refractivity contribution >= 4 is 5.69 Å². The second kappa shape index (κ2) is 3.27. The minimum absolute atomic E-state index is 0.196. The van der Waals surface area contributed by atoms with E-state index in [1.54, 1.807) is 0 Å². The third-order valence-corrected chi connectivity index (χ3v) is 1.46. The molecule has 0 aliphatic rings. The Morgan fingerprint density at radius 2 is 2.50 bits per heavy atom. The van der Waals surface area contributed by atoms with Crippen LogP contribution in [0.5, 0.6) is 0 Å². The smallest absolute Gasteiger partial charge is 0.0606 e. The highest BCUT2D eigenvalue weighted by Gasteiger charge is 1.97. The third kappa shape index (κ3) is 1.51. The van der Waals surface area contributed by atoms with Gasteiger partial charge >= 0.3 is 0 Å². The van der Waals surface area contributed by atoms with Crippen molar-refractivity contribution in [1.82, 2.24) is 4.98 Å². The Morgan fingerprint density at radius 3 is 3.00 bits per heavy atom. The van der Waals surface area contributed by atoms with E-state index in [9.17, 15) is 0 Å². The molecule has 3 nitrogen and oxygen atoms in total. The van der Waals surface area contributed by atoms with Gasteiger partial charge in [0.2, 0.25) is 0 Å². The average Bonchev–Trinajstić information content (AvgIpc) is 2.38. The second-order valence-electron chi connectivity index (χ2n) is 2.21. The van der Waals surface area contributed by atoms with Gasteiger partial charge in [-0.15, -0.1) is 0 Å². The van der Waals surface area contributed by atoms with E-state index in [2.05, 4.69) is 4.98 Å². The summed E-state index contributed by atoms with van der Waals surface area (Å²) in [5.41, 5.74) is 1.11. The SMILES string of the molecule is CN(CCO)c1cc[nH]c1. The molecule has 0 fully saturated rings. The Balaban J connectivity index is 2.50. The summed E-state index contributed by atoms with van der Waals surface area (Å²) >= 11 is 0. The molecule has 0 radical (unpaired) electrons. The van der Waals surface area contributed by atoms with Gasteiger partial charge in [-0.25, -0.2) is 0 Å². The van der Waals surface area contributed by atoms with Crippen LogP contribution < -0.4 is 4.90 Å². The summed E-state index contributed by atoms with van der Waals surface area (Å²) in [7, 11) is 1.94. The monoisotopic (exact) mass is 140 g/mol. The molecular weight excluding hydrogens is 128 g/mol. The Morgan fingerprint density at radius 1 is 1.70 bits per heavy atom. The molecule has 1 heterocycles. The molecule has 1 aromatic heterocycles. The normalized spacial score (nSPS) is 9.80. The fourth-order valence-corrected chi connectivity index (χ4v) is 0.832. The summed E-state index contributed by atoms with van der Waals surface area (Å²) in [4.78, 5) is 4.93. The maximum atomic E-state index is 8.58. The molecular formula is C7H12N2O. The molecule has 0 bridgehead atoms. The molecule has 0 aromatic carbocycles. The molecule has 1 rings (SSSR count). The first-order valence-corrected chi connectivity index (χ1v) is 3.29. The number of hydrogen-bond donors (Lipinski definition) is 2. The molecule has 56 valence electrons. The topological polar surface area (TPSA) is 39.3 Å². The zero-order valence-corrected chi connectivity index (χ0v) is 6.04. The van der Waals surface area contributed by atoms with E-state index >= 15 is 0 Å². The van der Waals surface area contributed by atoms with Crippen LogP contribution in [0.25, 0.3) is 0 Å². The van der Waals surface area contributed by atoms with Crippen molar-refractivity contribution in [2.24, 2.45) is 0 Å². The van der Waals surface area contributed by atoms with Gasteiger partial charge in [0.25, 0.3) is 0 Å². The van der Waals surface area contributed by atoms with Gasteiger partial charge in [-0.1, -0.05) is 0 Å². The Hall–Kier alpha value is -0.960. The Kier molecular flexibility index (Phi) is 2.34. The summed E-state index contributed by atoms with van der Waals surface area (Å²) in [5.74, 6) is 0. The Bertz CT molecular complexity index is 172. The van der Waals surface area contributed by atoms with E-state index in [0.717, 1.165) is 5.69 Å². The van der Waals surface area contributed by atoms with Gasteiger partial charge in [-0.05, 0) is 6.07 Å². The first-order chi connectivity index (χ1) is 4.84. The molecule has 0 aliphatic heterocycles. The quantitative estimate of drug-likeness (QED) is 0.639. The number of nitrogens with one attached hydrogen (secondary N) is 1. The molecule has 0 unspecified atom stereocenters. The number of aliphatic hydroxyl groups is 1. The lowest BCUT2D eigenvalue weighted by atomic mass is 10.4. The lowest BCUT2D eigenvalue weighted by Gasteiger charge is -2.14.